The van der Waals surface area contributed by atoms with Gasteiger partial charge >= 0.3 is 0 Å². The molecule has 0 aliphatic heterocycles. The largest absolute Gasteiger partial charge is 0.357 e. The molecule has 0 unspecified atom stereocenters. The highest BCUT2D eigenvalue weighted by Gasteiger charge is 2.18. The average molecular weight is 665 g/mol. The smallest absolute Gasteiger partial charge is 0.236 e. The second kappa shape index (κ2) is 37.4. The van der Waals surface area contributed by atoms with Gasteiger partial charge in [0.25, 0.3) is 0 Å². The van der Waals surface area contributed by atoms with Crippen LogP contribution in [0.15, 0.2) is 0 Å². The fourth-order valence-corrected chi connectivity index (χ4v) is 6.38. The summed E-state index contributed by atoms with van der Waals surface area (Å²) in [6, 6.07) is 0. The predicted molar refractivity (Wildman–Crippen MR) is 202 cm³/mol. The summed E-state index contributed by atoms with van der Waals surface area (Å²) in [6.45, 7) is 14.3. The van der Waals surface area contributed by atoms with Crippen molar-refractivity contribution in [2.75, 3.05) is 58.9 Å². The van der Waals surface area contributed by atoms with Crippen molar-refractivity contribution in [3.05, 3.63) is 0 Å². The van der Waals surface area contributed by atoms with Crippen molar-refractivity contribution in [1.82, 2.24) is 20.0 Å². The molecule has 47 heavy (non-hydrogen) atoms. The van der Waals surface area contributed by atoms with Crippen LogP contribution in [0.3, 0.4) is 0 Å². The maximum atomic E-state index is 13.7. The van der Waals surface area contributed by atoms with Gasteiger partial charge in [-0.05, 0) is 51.7 Å². The first-order valence-corrected chi connectivity index (χ1v) is 20.5. The summed E-state index contributed by atoms with van der Waals surface area (Å²) < 4.78 is 0. The molecule has 1 N–H and O–H groups in total. The molecule has 7 nitrogen and oxygen atoms in total. The number of rotatable bonds is 39. The zero-order chi connectivity index (χ0) is 34.5. The quantitative estimate of drug-likeness (QED) is 0.0524. The van der Waals surface area contributed by atoms with Crippen LogP contribution in [0.2, 0.25) is 0 Å². The minimum Gasteiger partial charge on any atom is -0.357 e. The van der Waals surface area contributed by atoms with Crippen molar-refractivity contribution in [2.45, 2.75) is 181 Å². The van der Waals surface area contributed by atoms with Gasteiger partial charge in [-0.1, -0.05) is 143 Å². The summed E-state index contributed by atoms with van der Waals surface area (Å²) in [6.07, 6.45) is 32.7. The summed E-state index contributed by atoms with van der Waals surface area (Å²) in [7, 11) is 0. The van der Waals surface area contributed by atoms with E-state index in [-0.39, 0.29) is 5.91 Å². The molecule has 0 bridgehead atoms. The van der Waals surface area contributed by atoms with Crippen molar-refractivity contribution in [1.29, 1.82) is 0 Å². The molecule has 0 aliphatic carbocycles. The molecule has 0 spiro atoms. The normalized spacial score (nSPS) is 11.4. The zero-order valence-corrected chi connectivity index (χ0v) is 31.8. The van der Waals surface area contributed by atoms with Crippen molar-refractivity contribution < 1.29 is 14.4 Å². The molecule has 0 aromatic heterocycles. The van der Waals surface area contributed by atoms with E-state index in [1.807, 2.05) is 4.90 Å². The van der Waals surface area contributed by atoms with Crippen LogP contribution in [-0.4, -0.2) is 92.2 Å². The summed E-state index contributed by atoms with van der Waals surface area (Å²) in [4.78, 5) is 42.3. The number of unbranched alkanes of at least 4 members (excludes halogenated alkanes) is 21. The number of nitrogens with one attached hydrogen (secondary N) is 1. The molecule has 0 aliphatic rings. The van der Waals surface area contributed by atoms with E-state index in [1.54, 1.807) is 0 Å². The fraction of sp³-hybridized carbons (Fsp3) is 0.925. The second-order valence-corrected chi connectivity index (χ2v) is 14.0. The minimum atomic E-state index is 0.168. The number of nitrogens with zero attached hydrogens (tertiary/aromatic N) is 3. The van der Waals surface area contributed by atoms with Crippen LogP contribution in [0, 0.1) is 0 Å². The highest BCUT2D eigenvalue weighted by atomic mass is 16.2. The first kappa shape index (κ1) is 45.5. The monoisotopic (exact) mass is 665 g/mol. The van der Waals surface area contributed by atoms with Gasteiger partial charge in [-0.2, -0.15) is 0 Å². The topological polar surface area (TPSA) is 73.0 Å². The van der Waals surface area contributed by atoms with Crippen LogP contribution in [0.1, 0.15) is 181 Å². The third-order valence-corrected chi connectivity index (χ3v) is 9.54. The van der Waals surface area contributed by atoms with E-state index in [0.717, 1.165) is 51.6 Å². The van der Waals surface area contributed by atoms with E-state index in [4.69, 9.17) is 0 Å². The number of aldehydes is 1. The molecule has 0 fully saturated rings. The molecule has 0 aromatic carbocycles. The lowest BCUT2D eigenvalue weighted by atomic mass is 10.1. The first-order chi connectivity index (χ1) is 23.1. The lowest BCUT2D eigenvalue weighted by Gasteiger charge is -2.30. The van der Waals surface area contributed by atoms with Gasteiger partial charge in [-0.25, -0.2) is 0 Å². The number of amides is 2. The SMILES string of the molecule is CCCCCCCCCN(CCCCCCCCC)CCN(CCCCCCCCC)CC(=O)N(CCCCCC=O)CCNC=O. The van der Waals surface area contributed by atoms with Gasteiger partial charge in [0.05, 0.1) is 6.54 Å². The summed E-state index contributed by atoms with van der Waals surface area (Å²) in [5.41, 5.74) is 0. The molecule has 0 saturated heterocycles. The Morgan fingerprint density at radius 3 is 1.34 bits per heavy atom. The minimum absolute atomic E-state index is 0.168. The van der Waals surface area contributed by atoms with Crippen LogP contribution in [0.5, 0.6) is 0 Å². The molecule has 0 rings (SSSR count). The first-order valence-electron chi connectivity index (χ1n) is 20.5. The molecular formula is C40H80N4O3. The predicted octanol–water partition coefficient (Wildman–Crippen LogP) is 9.18. The molecule has 0 atom stereocenters. The molecule has 2 amide bonds. The van der Waals surface area contributed by atoms with Gasteiger partial charge in [0.15, 0.2) is 0 Å². The van der Waals surface area contributed by atoms with Gasteiger partial charge in [0.1, 0.15) is 6.29 Å². The third-order valence-electron chi connectivity index (χ3n) is 9.54. The molecular weight excluding hydrogens is 584 g/mol. The Hall–Kier alpha value is -1.47. The van der Waals surface area contributed by atoms with Crippen LogP contribution >= 0.6 is 0 Å². The van der Waals surface area contributed by atoms with Gasteiger partial charge in [-0.15, -0.1) is 0 Å². The number of hydrogen-bond acceptors (Lipinski definition) is 5. The van der Waals surface area contributed by atoms with Crippen LogP contribution in [0.4, 0.5) is 0 Å². The number of carbonyl (C=O) groups is 3. The Morgan fingerprint density at radius 2 is 0.872 bits per heavy atom. The summed E-state index contributed by atoms with van der Waals surface area (Å²) in [5, 5.41) is 2.74. The molecule has 0 saturated carbocycles. The van der Waals surface area contributed by atoms with E-state index in [9.17, 15) is 14.4 Å². The number of carbonyl (C=O) groups excluding carboxylic acids is 3. The van der Waals surface area contributed by atoms with Crippen LogP contribution < -0.4 is 5.32 Å². The van der Waals surface area contributed by atoms with Crippen molar-refractivity contribution >= 4 is 18.6 Å². The maximum Gasteiger partial charge on any atom is 0.236 e. The lowest BCUT2D eigenvalue weighted by Crippen LogP contribution is -2.45. The molecule has 7 heteroatoms. The van der Waals surface area contributed by atoms with Crippen molar-refractivity contribution in [2.24, 2.45) is 0 Å². The third kappa shape index (κ3) is 31.5. The van der Waals surface area contributed by atoms with Crippen molar-refractivity contribution in [3.8, 4) is 0 Å². The Bertz CT molecular complexity index is 660. The highest BCUT2D eigenvalue weighted by molar-refractivity contribution is 5.78. The molecule has 0 radical (unpaired) electrons. The van der Waals surface area contributed by atoms with Crippen molar-refractivity contribution in [3.63, 3.8) is 0 Å². The van der Waals surface area contributed by atoms with E-state index in [0.29, 0.717) is 39.0 Å². The van der Waals surface area contributed by atoms with E-state index >= 15 is 0 Å². The maximum absolute atomic E-state index is 13.7. The Balaban J connectivity index is 5.24. The van der Waals surface area contributed by atoms with Gasteiger partial charge in [-0.3, -0.25) is 14.5 Å². The van der Waals surface area contributed by atoms with E-state index in [1.165, 1.54) is 142 Å². The average Bonchev–Trinajstić information content (AvgIpc) is 3.07. The standard InChI is InChI=1S/C40H80N4O3/c1-4-7-10-13-16-19-24-30-42(31-25-20-17-14-11-8-5-2)35-36-43(32-26-21-18-15-12-9-6-3)38-40(47)44(34-29-41-39-46)33-27-22-23-28-37-45/h37,39H,4-36,38H2,1-3H3,(H,41,46). The van der Waals surface area contributed by atoms with Gasteiger partial charge in [0, 0.05) is 39.1 Å². The molecule has 0 aromatic rings. The fourth-order valence-electron chi connectivity index (χ4n) is 6.38. The Labute approximate surface area is 292 Å². The second-order valence-electron chi connectivity index (χ2n) is 14.0. The summed E-state index contributed by atoms with van der Waals surface area (Å²) in [5.74, 6) is 0.168. The Morgan fingerprint density at radius 1 is 0.468 bits per heavy atom. The number of hydrogen-bond donors (Lipinski definition) is 1. The van der Waals surface area contributed by atoms with Gasteiger partial charge < -0.3 is 19.9 Å². The van der Waals surface area contributed by atoms with Crippen LogP contribution in [-0.2, 0) is 14.4 Å². The van der Waals surface area contributed by atoms with Crippen LogP contribution in [0.25, 0.3) is 0 Å². The molecule has 278 valence electrons. The summed E-state index contributed by atoms with van der Waals surface area (Å²) >= 11 is 0. The highest BCUT2D eigenvalue weighted by Crippen LogP contribution is 2.12. The van der Waals surface area contributed by atoms with Gasteiger partial charge in [0.2, 0.25) is 12.3 Å². The Kier molecular flexibility index (Phi) is 36.2. The lowest BCUT2D eigenvalue weighted by molar-refractivity contribution is -0.132. The van der Waals surface area contributed by atoms with E-state index in [2.05, 4.69) is 35.9 Å². The van der Waals surface area contributed by atoms with E-state index < -0.39 is 0 Å². The molecule has 0 heterocycles. The zero-order valence-electron chi connectivity index (χ0n) is 31.8.